The first kappa shape index (κ1) is 11.0. The van der Waals surface area contributed by atoms with E-state index < -0.39 is 0 Å². The lowest BCUT2D eigenvalue weighted by Gasteiger charge is -2.29. The van der Waals surface area contributed by atoms with Gasteiger partial charge in [-0.15, -0.1) is 0 Å². The molecule has 2 unspecified atom stereocenters. The SMILES string of the molecule is CC1SCCCC1NCc1ccccc1. The zero-order valence-corrected chi connectivity index (χ0v) is 10.1. The van der Waals surface area contributed by atoms with Crippen molar-refractivity contribution in [3.63, 3.8) is 0 Å². The summed E-state index contributed by atoms with van der Waals surface area (Å²) in [7, 11) is 0. The number of rotatable bonds is 3. The average Bonchev–Trinajstić information content (AvgIpc) is 2.29. The fourth-order valence-corrected chi connectivity index (χ4v) is 3.21. The van der Waals surface area contributed by atoms with Gasteiger partial charge in [-0.25, -0.2) is 0 Å². The maximum absolute atomic E-state index is 3.67. The fourth-order valence-electron chi connectivity index (χ4n) is 2.04. The molecule has 1 saturated heterocycles. The van der Waals surface area contributed by atoms with Gasteiger partial charge in [0.05, 0.1) is 0 Å². The maximum Gasteiger partial charge on any atom is 0.0208 e. The second kappa shape index (κ2) is 5.57. The molecule has 0 bridgehead atoms. The maximum atomic E-state index is 3.67. The molecule has 1 heterocycles. The minimum absolute atomic E-state index is 0.698. The van der Waals surface area contributed by atoms with Gasteiger partial charge in [-0.2, -0.15) is 11.8 Å². The lowest BCUT2D eigenvalue weighted by molar-refractivity contribution is 0.462. The van der Waals surface area contributed by atoms with E-state index in [1.807, 2.05) is 0 Å². The Balaban J connectivity index is 1.82. The highest BCUT2D eigenvalue weighted by Crippen LogP contribution is 2.25. The minimum Gasteiger partial charge on any atom is -0.309 e. The molecule has 1 N–H and O–H groups in total. The van der Waals surface area contributed by atoms with Crippen LogP contribution in [0, 0.1) is 0 Å². The monoisotopic (exact) mass is 221 g/mol. The van der Waals surface area contributed by atoms with Crippen molar-refractivity contribution in [2.24, 2.45) is 0 Å². The van der Waals surface area contributed by atoms with E-state index in [2.05, 4.69) is 54.3 Å². The highest BCUT2D eigenvalue weighted by Gasteiger charge is 2.20. The molecule has 0 saturated carbocycles. The highest BCUT2D eigenvalue weighted by atomic mass is 32.2. The second-order valence-corrected chi connectivity index (χ2v) is 5.68. The zero-order chi connectivity index (χ0) is 10.5. The Morgan fingerprint density at radius 3 is 2.87 bits per heavy atom. The van der Waals surface area contributed by atoms with Gasteiger partial charge in [-0.3, -0.25) is 0 Å². The van der Waals surface area contributed by atoms with E-state index in [0.717, 1.165) is 11.8 Å². The fraction of sp³-hybridized carbons (Fsp3) is 0.538. The molecule has 15 heavy (non-hydrogen) atoms. The molecule has 2 heteroatoms. The van der Waals surface area contributed by atoms with Gasteiger partial charge in [-0.05, 0) is 24.2 Å². The molecule has 0 aromatic heterocycles. The summed E-state index contributed by atoms with van der Waals surface area (Å²) < 4.78 is 0. The summed E-state index contributed by atoms with van der Waals surface area (Å²) in [5.41, 5.74) is 1.39. The Bertz CT molecular complexity index is 286. The molecule has 1 aromatic carbocycles. The summed E-state index contributed by atoms with van der Waals surface area (Å²) in [5.74, 6) is 1.34. The van der Waals surface area contributed by atoms with E-state index >= 15 is 0 Å². The first-order chi connectivity index (χ1) is 7.36. The third-order valence-electron chi connectivity index (χ3n) is 3.02. The molecule has 2 rings (SSSR count). The van der Waals surface area contributed by atoms with Crippen LogP contribution in [0.5, 0.6) is 0 Å². The molecular formula is C13H19NS. The predicted octanol–water partition coefficient (Wildman–Crippen LogP) is 3.06. The van der Waals surface area contributed by atoms with Crippen molar-refractivity contribution in [3.8, 4) is 0 Å². The number of nitrogens with one attached hydrogen (secondary N) is 1. The summed E-state index contributed by atoms with van der Waals surface area (Å²) in [6.45, 7) is 3.35. The highest BCUT2D eigenvalue weighted by molar-refractivity contribution is 7.99. The summed E-state index contributed by atoms with van der Waals surface area (Å²) in [6, 6.07) is 11.4. The van der Waals surface area contributed by atoms with Crippen LogP contribution < -0.4 is 5.32 Å². The van der Waals surface area contributed by atoms with Gasteiger partial charge in [0.15, 0.2) is 0 Å². The quantitative estimate of drug-likeness (QED) is 0.842. The van der Waals surface area contributed by atoms with Crippen LogP contribution in [-0.4, -0.2) is 17.0 Å². The summed E-state index contributed by atoms with van der Waals surface area (Å²) in [6.07, 6.45) is 2.70. The minimum atomic E-state index is 0.698. The lowest BCUT2D eigenvalue weighted by atomic mass is 10.1. The van der Waals surface area contributed by atoms with Gasteiger partial charge in [0.2, 0.25) is 0 Å². The van der Waals surface area contributed by atoms with Crippen molar-refractivity contribution >= 4 is 11.8 Å². The molecule has 1 aliphatic heterocycles. The van der Waals surface area contributed by atoms with E-state index in [9.17, 15) is 0 Å². The molecule has 1 aliphatic rings. The van der Waals surface area contributed by atoms with Crippen molar-refractivity contribution in [3.05, 3.63) is 35.9 Å². The van der Waals surface area contributed by atoms with Gasteiger partial charge < -0.3 is 5.32 Å². The Hall–Kier alpha value is -0.470. The Morgan fingerprint density at radius 1 is 1.33 bits per heavy atom. The van der Waals surface area contributed by atoms with Crippen molar-refractivity contribution in [1.82, 2.24) is 5.32 Å². The third-order valence-corrected chi connectivity index (χ3v) is 4.40. The number of thioether (sulfide) groups is 1. The molecular weight excluding hydrogens is 202 g/mol. The van der Waals surface area contributed by atoms with Gasteiger partial charge in [-0.1, -0.05) is 37.3 Å². The van der Waals surface area contributed by atoms with Crippen LogP contribution >= 0.6 is 11.8 Å². The molecule has 1 fully saturated rings. The van der Waals surface area contributed by atoms with Crippen LogP contribution in [0.3, 0.4) is 0 Å². The van der Waals surface area contributed by atoms with E-state index in [4.69, 9.17) is 0 Å². The number of benzene rings is 1. The van der Waals surface area contributed by atoms with Gasteiger partial charge >= 0.3 is 0 Å². The third kappa shape index (κ3) is 3.25. The van der Waals surface area contributed by atoms with Crippen molar-refractivity contribution < 1.29 is 0 Å². The summed E-state index contributed by atoms with van der Waals surface area (Å²) in [4.78, 5) is 0. The molecule has 1 aromatic rings. The Labute approximate surface area is 96.7 Å². The van der Waals surface area contributed by atoms with Crippen molar-refractivity contribution in [2.45, 2.75) is 37.6 Å². The van der Waals surface area contributed by atoms with Crippen molar-refractivity contribution in [1.29, 1.82) is 0 Å². The normalized spacial score (nSPS) is 26.5. The van der Waals surface area contributed by atoms with E-state index in [1.165, 1.54) is 24.2 Å². The van der Waals surface area contributed by atoms with E-state index in [-0.39, 0.29) is 0 Å². The Kier molecular flexibility index (Phi) is 4.09. The van der Waals surface area contributed by atoms with Crippen molar-refractivity contribution in [2.75, 3.05) is 5.75 Å². The van der Waals surface area contributed by atoms with Gasteiger partial charge in [0, 0.05) is 17.8 Å². The topological polar surface area (TPSA) is 12.0 Å². The van der Waals surface area contributed by atoms with Crippen LogP contribution in [0.2, 0.25) is 0 Å². The van der Waals surface area contributed by atoms with Crippen LogP contribution in [0.4, 0.5) is 0 Å². The van der Waals surface area contributed by atoms with Crippen LogP contribution in [0.1, 0.15) is 25.3 Å². The molecule has 0 aliphatic carbocycles. The summed E-state index contributed by atoms with van der Waals surface area (Å²) in [5, 5.41) is 4.43. The molecule has 2 atom stereocenters. The van der Waals surface area contributed by atoms with Crippen LogP contribution in [0.15, 0.2) is 30.3 Å². The largest absolute Gasteiger partial charge is 0.309 e. The lowest BCUT2D eigenvalue weighted by Crippen LogP contribution is -2.38. The Morgan fingerprint density at radius 2 is 2.13 bits per heavy atom. The number of hydrogen-bond donors (Lipinski definition) is 1. The van der Waals surface area contributed by atoms with Crippen LogP contribution in [-0.2, 0) is 6.54 Å². The smallest absolute Gasteiger partial charge is 0.0208 e. The molecule has 1 nitrogen and oxygen atoms in total. The molecule has 0 radical (unpaired) electrons. The zero-order valence-electron chi connectivity index (χ0n) is 9.28. The van der Waals surface area contributed by atoms with E-state index in [0.29, 0.717) is 6.04 Å². The van der Waals surface area contributed by atoms with Crippen LogP contribution in [0.25, 0.3) is 0 Å². The van der Waals surface area contributed by atoms with E-state index in [1.54, 1.807) is 0 Å². The average molecular weight is 221 g/mol. The van der Waals surface area contributed by atoms with Gasteiger partial charge in [0.25, 0.3) is 0 Å². The molecule has 0 amide bonds. The predicted molar refractivity (Wildman–Crippen MR) is 68.2 cm³/mol. The first-order valence-electron chi connectivity index (χ1n) is 5.75. The van der Waals surface area contributed by atoms with Gasteiger partial charge in [0.1, 0.15) is 0 Å². The summed E-state index contributed by atoms with van der Waals surface area (Å²) >= 11 is 2.10. The standard InChI is InChI=1S/C13H19NS/c1-11-13(8-5-9-15-11)14-10-12-6-3-2-4-7-12/h2-4,6-7,11,13-14H,5,8-10H2,1H3. The molecule has 82 valence electrons. The second-order valence-electron chi connectivity index (χ2n) is 4.19. The molecule has 0 spiro atoms. The first-order valence-corrected chi connectivity index (χ1v) is 6.80. The number of hydrogen-bond acceptors (Lipinski definition) is 2.